The predicted octanol–water partition coefficient (Wildman–Crippen LogP) is 6.50. The van der Waals surface area contributed by atoms with Gasteiger partial charge < -0.3 is 14.6 Å². The first-order valence-corrected chi connectivity index (χ1v) is 12.3. The van der Waals surface area contributed by atoms with Crippen molar-refractivity contribution in [1.29, 1.82) is 0 Å². The smallest absolute Gasteiger partial charge is 0.335 e. The number of ether oxygens (including phenoxy) is 2. The van der Waals surface area contributed by atoms with E-state index >= 15 is 0 Å². The molecule has 0 unspecified atom stereocenters. The highest BCUT2D eigenvalue weighted by molar-refractivity contribution is 7.98. The van der Waals surface area contributed by atoms with Crippen molar-refractivity contribution in [3.8, 4) is 32.4 Å². The van der Waals surface area contributed by atoms with E-state index in [2.05, 4.69) is 16.0 Å². The Morgan fingerprint density at radius 3 is 2.35 bits per heavy atom. The van der Waals surface area contributed by atoms with Crippen molar-refractivity contribution in [2.24, 2.45) is 0 Å². The van der Waals surface area contributed by atoms with Crippen molar-refractivity contribution in [1.82, 2.24) is 9.97 Å². The lowest BCUT2D eigenvalue weighted by Crippen LogP contribution is -1.96. The van der Waals surface area contributed by atoms with Crippen LogP contribution in [0.5, 0.6) is 11.5 Å². The third-order valence-corrected chi connectivity index (χ3v) is 7.34. The molecule has 4 aromatic rings. The minimum Gasteiger partial charge on any atom is -0.493 e. The van der Waals surface area contributed by atoms with E-state index in [9.17, 15) is 9.90 Å². The van der Waals surface area contributed by atoms with Gasteiger partial charge in [-0.3, -0.25) is 0 Å². The Morgan fingerprint density at radius 2 is 1.68 bits per heavy atom. The Balaban J connectivity index is 1.76. The highest BCUT2D eigenvalue weighted by Crippen LogP contribution is 2.42. The van der Waals surface area contributed by atoms with Crippen LogP contribution < -0.4 is 9.47 Å². The maximum Gasteiger partial charge on any atom is 0.335 e. The molecule has 6 nitrogen and oxygen atoms in total. The number of rotatable bonds is 8. The molecule has 174 valence electrons. The van der Waals surface area contributed by atoms with Gasteiger partial charge in [0.25, 0.3) is 0 Å². The zero-order valence-corrected chi connectivity index (χ0v) is 20.9. The van der Waals surface area contributed by atoms with Gasteiger partial charge in [0.1, 0.15) is 0 Å². The number of nitrogens with zero attached hydrogens (tertiary/aromatic N) is 2. The second kappa shape index (κ2) is 10.3. The number of aromatic nitrogens is 2. The third kappa shape index (κ3) is 5.24. The molecule has 0 aliphatic rings. The summed E-state index contributed by atoms with van der Waals surface area (Å²) in [5.41, 5.74) is 5.08. The second-order valence-corrected chi connectivity index (χ2v) is 9.64. The normalized spacial score (nSPS) is 10.8. The maximum atomic E-state index is 11.6. The number of methoxy groups -OCH3 is 2. The van der Waals surface area contributed by atoms with Gasteiger partial charge in [-0.25, -0.2) is 14.8 Å². The lowest BCUT2D eigenvalue weighted by molar-refractivity contribution is 0.0697. The van der Waals surface area contributed by atoms with E-state index in [0.717, 1.165) is 43.0 Å². The summed E-state index contributed by atoms with van der Waals surface area (Å²) in [6.45, 7) is 3.92. The van der Waals surface area contributed by atoms with Crippen LogP contribution in [0, 0.1) is 13.8 Å². The van der Waals surface area contributed by atoms with Gasteiger partial charge in [0.15, 0.2) is 16.7 Å². The van der Waals surface area contributed by atoms with E-state index < -0.39 is 5.97 Å². The van der Waals surface area contributed by atoms with E-state index in [1.165, 1.54) is 0 Å². The van der Waals surface area contributed by atoms with Gasteiger partial charge in [-0.2, -0.15) is 0 Å². The first-order valence-electron chi connectivity index (χ1n) is 10.5. The summed E-state index contributed by atoms with van der Waals surface area (Å²) in [4.78, 5) is 22.7. The molecule has 0 radical (unpaired) electrons. The number of carbonyl (C=O) groups is 1. The Morgan fingerprint density at radius 1 is 0.941 bits per heavy atom. The third-order valence-electron chi connectivity index (χ3n) is 5.17. The molecule has 0 atom stereocenters. The fourth-order valence-corrected chi connectivity index (χ4v) is 5.80. The first-order chi connectivity index (χ1) is 16.4. The average Bonchev–Trinajstić information content (AvgIpc) is 3.26. The quantitative estimate of drug-likeness (QED) is 0.222. The summed E-state index contributed by atoms with van der Waals surface area (Å²) < 4.78 is 10.9. The van der Waals surface area contributed by atoms with Gasteiger partial charge in [-0.15, -0.1) is 11.3 Å². The molecule has 0 saturated heterocycles. The van der Waals surface area contributed by atoms with Crippen molar-refractivity contribution in [2.45, 2.75) is 24.8 Å². The summed E-state index contributed by atoms with van der Waals surface area (Å²) in [6, 6.07) is 17.0. The molecule has 8 heteroatoms. The molecular weight excluding hydrogens is 468 g/mol. The zero-order chi connectivity index (χ0) is 24.2. The summed E-state index contributed by atoms with van der Waals surface area (Å²) in [7, 11) is 3.23. The Labute approximate surface area is 206 Å². The highest BCUT2D eigenvalue weighted by Gasteiger charge is 2.16. The van der Waals surface area contributed by atoms with Gasteiger partial charge in [-0.05, 0) is 73.0 Å². The van der Waals surface area contributed by atoms with Crippen LogP contribution in [0.4, 0.5) is 0 Å². The molecule has 34 heavy (non-hydrogen) atoms. The molecule has 0 amide bonds. The molecule has 2 aromatic carbocycles. The number of thioether (sulfide) groups is 1. The van der Waals surface area contributed by atoms with Crippen LogP contribution in [0.2, 0.25) is 0 Å². The van der Waals surface area contributed by atoms with Crippen LogP contribution >= 0.6 is 23.1 Å². The minimum absolute atomic E-state index is 0.259. The molecule has 0 bridgehead atoms. The molecule has 4 rings (SSSR count). The number of hydrogen-bond donors (Lipinski definition) is 1. The van der Waals surface area contributed by atoms with Crippen molar-refractivity contribution >= 4 is 29.1 Å². The average molecular weight is 493 g/mol. The van der Waals surface area contributed by atoms with Gasteiger partial charge in [0.2, 0.25) is 0 Å². The predicted molar refractivity (Wildman–Crippen MR) is 136 cm³/mol. The van der Waals surface area contributed by atoms with E-state index in [1.807, 2.05) is 44.2 Å². The number of thiophene rings is 1. The van der Waals surface area contributed by atoms with Crippen LogP contribution in [-0.4, -0.2) is 35.3 Å². The topological polar surface area (TPSA) is 81.5 Å². The molecule has 0 aliphatic heterocycles. The fourth-order valence-electron chi connectivity index (χ4n) is 3.61. The molecular formula is C26H24N2O4S2. The molecule has 0 fully saturated rings. The monoisotopic (exact) mass is 492 g/mol. The number of benzene rings is 2. The number of carboxylic acids is 1. The SMILES string of the molecule is COc1ccc(-c2cc(CSc3nc(C)cc(C)n3)c(-c3cccc(C(=O)O)c3)s2)cc1OC. The Bertz CT molecular complexity index is 1330. The molecule has 1 N–H and O–H groups in total. The number of hydrogen-bond acceptors (Lipinski definition) is 7. The van der Waals surface area contributed by atoms with Crippen LogP contribution in [0.3, 0.4) is 0 Å². The van der Waals surface area contributed by atoms with Crippen LogP contribution in [0.15, 0.2) is 59.8 Å². The largest absolute Gasteiger partial charge is 0.493 e. The lowest BCUT2D eigenvalue weighted by Gasteiger charge is -2.08. The Kier molecular flexibility index (Phi) is 7.19. The summed E-state index contributed by atoms with van der Waals surface area (Å²) >= 11 is 3.18. The number of aromatic carboxylic acids is 1. The van der Waals surface area contributed by atoms with Crippen LogP contribution in [-0.2, 0) is 5.75 Å². The summed E-state index contributed by atoms with van der Waals surface area (Å²) in [5.74, 6) is 1.03. The molecule has 2 heterocycles. The van der Waals surface area contributed by atoms with Crippen LogP contribution in [0.25, 0.3) is 20.9 Å². The molecule has 0 spiro atoms. The van der Waals surface area contributed by atoms with E-state index in [1.54, 1.807) is 55.5 Å². The standard InChI is InChI=1S/C26H24N2O4S2/c1-15-10-16(2)28-26(27-15)33-14-20-13-23(17-8-9-21(31-3)22(12-17)32-4)34-24(20)18-6-5-7-19(11-18)25(29)30/h5-13H,14H2,1-4H3,(H,29,30). The summed E-state index contributed by atoms with van der Waals surface area (Å²) in [6.07, 6.45) is 0. The van der Waals surface area contributed by atoms with Crippen molar-refractivity contribution in [3.05, 3.63) is 77.1 Å². The number of aryl methyl sites for hydroxylation is 2. The van der Waals surface area contributed by atoms with Gasteiger partial charge in [-0.1, -0.05) is 23.9 Å². The molecule has 2 aromatic heterocycles. The minimum atomic E-state index is -0.946. The van der Waals surface area contributed by atoms with E-state index in [4.69, 9.17) is 9.47 Å². The van der Waals surface area contributed by atoms with Crippen molar-refractivity contribution < 1.29 is 19.4 Å². The lowest BCUT2D eigenvalue weighted by atomic mass is 10.1. The second-order valence-electron chi connectivity index (χ2n) is 7.64. The van der Waals surface area contributed by atoms with Crippen molar-refractivity contribution in [3.63, 3.8) is 0 Å². The number of carboxylic acid groups (broad SMARTS) is 1. The fraction of sp³-hybridized carbons (Fsp3) is 0.192. The molecule has 0 saturated carbocycles. The molecule has 0 aliphatic carbocycles. The van der Waals surface area contributed by atoms with Crippen molar-refractivity contribution in [2.75, 3.05) is 14.2 Å². The van der Waals surface area contributed by atoms with Crippen LogP contribution in [0.1, 0.15) is 27.3 Å². The Hall–Kier alpha value is -3.36. The zero-order valence-electron chi connectivity index (χ0n) is 19.3. The maximum absolute atomic E-state index is 11.6. The first kappa shape index (κ1) is 23.8. The van der Waals surface area contributed by atoms with Gasteiger partial charge in [0, 0.05) is 26.9 Å². The van der Waals surface area contributed by atoms with E-state index in [-0.39, 0.29) is 5.56 Å². The van der Waals surface area contributed by atoms with Gasteiger partial charge >= 0.3 is 5.97 Å². The summed E-state index contributed by atoms with van der Waals surface area (Å²) in [5, 5.41) is 10.2. The highest BCUT2D eigenvalue weighted by atomic mass is 32.2. The van der Waals surface area contributed by atoms with Gasteiger partial charge in [0.05, 0.1) is 19.8 Å². The van der Waals surface area contributed by atoms with E-state index in [0.29, 0.717) is 17.3 Å².